The maximum absolute atomic E-state index is 12.6. The SMILES string of the molecule is C=CCCCC(=O)N[C@@H](Cc1ccccc1)[C@H](O)CN[C@H]1C[C@@H](OCC=C)c2ccc(OCCC)cc21. The van der Waals surface area contributed by atoms with Gasteiger partial charge in [0, 0.05) is 19.0 Å². The Bertz CT molecular complexity index is 994. The van der Waals surface area contributed by atoms with Gasteiger partial charge in [-0.25, -0.2) is 0 Å². The molecule has 2 aromatic carbocycles. The first-order chi connectivity index (χ1) is 18.0. The van der Waals surface area contributed by atoms with E-state index in [1.165, 1.54) is 0 Å². The molecule has 0 aromatic heterocycles. The van der Waals surface area contributed by atoms with Crippen molar-refractivity contribution in [3.63, 3.8) is 0 Å². The van der Waals surface area contributed by atoms with Crippen LogP contribution in [0.3, 0.4) is 0 Å². The number of hydrogen-bond donors (Lipinski definition) is 3. The van der Waals surface area contributed by atoms with Crippen molar-refractivity contribution >= 4 is 5.91 Å². The number of allylic oxidation sites excluding steroid dienone is 1. The molecule has 37 heavy (non-hydrogen) atoms. The van der Waals surface area contributed by atoms with Crippen molar-refractivity contribution in [1.82, 2.24) is 10.6 Å². The molecule has 1 aliphatic carbocycles. The lowest BCUT2D eigenvalue weighted by Crippen LogP contribution is -2.49. The van der Waals surface area contributed by atoms with Crippen LogP contribution in [-0.4, -0.2) is 42.9 Å². The van der Waals surface area contributed by atoms with Gasteiger partial charge in [0.1, 0.15) is 5.75 Å². The van der Waals surface area contributed by atoms with Crippen LogP contribution in [0, 0.1) is 0 Å². The van der Waals surface area contributed by atoms with E-state index in [0.717, 1.165) is 48.1 Å². The summed E-state index contributed by atoms with van der Waals surface area (Å²) in [6.07, 6.45) is 6.96. The van der Waals surface area contributed by atoms with Crippen molar-refractivity contribution < 1.29 is 19.4 Å². The maximum atomic E-state index is 12.6. The number of unbranched alkanes of at least 4 members (excludes halogenated alkanes) is 1. The van der Waals surface area contributed by atoms with Gasteiger partial charge in [0.05, 0.1) is 31.5 Å². The molecule has 0 spiro atoms. The van der Waals surface area contributed by atoms with E-state index < -0.39 is 12.1 Å². The van der Waals surface area contributed by atoms with Gasteiger partial charge in [-0.2, -0.15) is 0 Å². The van der Waals surface area contributed by atoms with Crippen molar-refractivity contribution in [3.05, 3.63) is 90.5 Å². The quantitative estimate of drug-likeness (QED) is 0.203. The molecule has 4 atom stereocenters. The molecule has 0 saturated carbocycles. The normalized spacial score (nSPS) is 18.0. The molecule has 0 radical (unpaired) electrons. The standard InChI is InChI=1S/C31H42N2O4/c1-4-7-9-14-31(35)33-28(19-23-12-10-8-11-13-23)29(34)22-32-27-21-30(37-18-6-3)25-16-15-24(20-26(25)27)36-17-5-2/h4,6,8,10-13,15-16,20,27-30,32,34H,1,3,5,7,9,14,17-19,21-22H2,2H3,(H,33,35)/t27-,28-,29+,30+/m0/s1. The number of aliphatic hydroxyl groups is 1. The van der Waals surface area contributed by atoms with Crippen LogP contribution in [-0.2, 0) is 16.0 Å². The minimum absolute atomic E-state index is 0.00492. The predicted molar refractivity (Wildman–Crippen MR) is 149 cm³/mol. The Morgan fingerprint density at radius 3 is 2.70 bits per heavy atom. The molecule has 0 heterocycles. The molecule has 3 rings (SSSR count). The summed E-state index contributed by atoms with van der Waals surface area (Å²) in [5.41, 5.74) is 3.33. The third-order valence-corrected chi connectivity index (χ3v) is 6.61. The van der Waals surface area contributed by atoms with E-state index in [-0.39, 0.29) is 18.1 Å². The molecule has 0 aliphatic heterocycles. The van der Waals surface area contributed by atoms with Crippen LogP contribution in [0.25, 0.3) is 0 Å². The summed E-state index contributed by atoms with van der Waals surface area (Å²) < 4.78 is 11.9. The number of ether oxygens (including phenoxy) is 2. The molecule has 1 aliphatic rings. The van der Waals surface area contributed by atoms with E-state index in [2.05, 4.69) is 42.8 Å². The molecule has 0 bridgehead atoms. The van der Waals surface area contributed by atoms with E-state index in [0.29, 0.717) is 32.6 Å². The van der Waals surface area contributed by atoms with Gasteiger partial charge in [-0.1, -0.05) is 55.5 Å². The lowest BCUT2D eigenvalue weighted by Gasteiger charge is -2.26. The molecule has 2 aromatic rings. The van der Waals surface area contributed by atoms with Crippen molar-refractivity contribution in [2.45, 2.75) is 69.7 Å². The van der Waals surface area contributed by atoms with Gasteiger partial charge in [-0.05, 0) is 60.9 Å². The second-order valence-electron chi connectivity index (χ2n) is 9.56. The number of fused-ring (bicyclic) bond motifs is 1. The number of carbonyl (C=O) groups excluding carboxylic acids is 1. The molecule has 3 N–H and O–H groups in total. The second-order valence-corrected chi connectivity index (χ2v) is 9.56. The third kappa shape index (κ3) is 8.85. The minimum Gasteiger partial charge on any atom is -0.494 e. The minimum atomic E-state index is -0.764. The Morgan fingerprint density at radius 1 is 1.16 bits per heavy atom. The van der Waals surface area contributed by atoms with Gasteiger partial charge < -0.3 is 25.2 Å². The zero-order chi connectivity index (χ0) is 26.5. The van der Waals surface area contributed by atoms with Crippen LogP contribution < -0.4 is 15.4 Å². The van der Waals surface area contributed by atoms with E-state index in [9.17, 15) is 9.90 Å². The first-order valence-corrected chi connectivity index (χ1v) is 13.4. The summed E-state index contributed by atoms with van der Waals surface area (Å²) in [5, 5.41) is 17.8. The van der Waals surface area contributed by atoms with E-state index in [1.807, 2.05) is 42.5 Å². The predicted octanol–water partition coefficient (Wildman–Crippen LogP) is 5.20. The van der Waals surface area contributed by atoms with Crippen molar-refractivity contribution in [2.24, 2.45) is 0 Å². The van der Waals surface area contributed by atoms with E-state index in [1.54, 1.807) is 6.08 Å². The molecule has 200 valence electrons. The fourth-order valence-electron chi connectivity index (χ4n) is 4.70. The van der Waals surface area contributed by atoms with Gasteiger partial charge in [-0.15, -0.1) is 13.2 Å². The topological polar surface area (TPSA) is 79.8 Å². The van der Waals surface area contributed by atoms with Gasteiger partial charge in [0.25, 0.3) is 0 Å². The molecule has 6 nitrogen and oxygen atoms in total. The lowest BCUT2D eigenvalue weighted by atomic mass is 10.00. The Kier molecular flexibility index (Phi) is 11.9. The highest BCUT2D eigenvalue weighted by atomic mass is 16.5. The summed E-state index contributed by atoms with van der Waals surface area (Å²) in [6.45, 7) is 11.1. The number of aliphatic hydroxyl groups excluding tert-OH is 1. The lowest BCUT2D eigenvalue weighted by molar-refractivity contribution is -0.122. The Balaban J connectivity index is 1.69. The van der Waals surface area contributed by atoms with Crippen LogP contribution >= 0.6 is 0 Å². The van der Waals surface area contributed by atoms with Crippen LogP contribution in [0.4, 0.5) is 0 Å². The zero-order valence-electron chi connectivity index (χ0n) is 22.0. The fraction of sp³-hybridized carbons (Fsp3) is 0.452. The summed E-state index contributed by atoms with van der Waals surface area (Å²) in [7, 11) is 0. The molecular formula is C31H42N2O4. The highest BCUT2D eigenvalue weighted by molar-refractivity contribution is 5.76. The number of hydrogen-bond acceptors (Lipinski definition) is 5. The largest absolute Gasteiger partial charge is 0.494 e. The number of nitrogens with one attached hydrogen (secondary N) is 2. The average molecular weight is 507 g/mol. The van der Waals surface area contributed by atoms with Crippen LogP contribution in [0.5, 0.6) is 5.75 Å². The fourth-order valence-corrected chi connectivity index (χ4v) is 4.70. The Morgan fingerprint density at radius 2 is 1.97 bits per heavy atom. The third-order valence-electron chi connectivity index (χ3n) is 6.61. The Labute approximate surface area is 221 Å². The van der Waals surface area contributed by atoms with E-state index in [4.69, 9.17) is 9.47 Å². The summed E-state index contributed by atoms with van der Waals surface area (Å²) in [5.74, 6) is 0.787. The first-order valence-electron chi connectivity index (χ1n) is 13.4. The van der Waals surface area contributed by atoms with Gasteiger partial charge in [0.2, 0.25) is 5.91 Å². The van der Waals surface area contributed by atoms with Crippen LogP contribution in [0.1, 0.15) is 67.9 Å². The van der Waals surface area contributed by atoms with Gasteiger partial charge >= 0.3 is 0 Å². The average Bonchev–Trinajstić information content (AvgIpc) is 3.26. The molecule has 0 saturated heterocycles. The highest BCUT2D eigenvalue weighted by Gasteiger charge is 2.33. The van der Waals surface area contributed by atoms with Crippen LogP contribution in [0.15, 0.2) is 73.8 Å². The van der Waals surface area contributed by atoms with Crippen molar-refractivity contribution in [2.75, 3.05) is 19.8 Å². The smallest absolute Gasteiger partial charge is 0.220 e. The summed E-state index contributed by atoms with van der Waals surface area (Å²) >= 11 is 0. The number of carbonyl (C=O) groups is 1. The summed E-state index contributed by atoms with van der Waals surface area (Å²) in [6, 6.07) is 15.7. The first kappa shape index (κ1) is 28.6. The molecular weight excluding hydrogens is 464 g/mol. The highest BCUT2D eigenvalue weighted by Crippen LogP contribution is 2.42. The van der Waals surface area contributed by atoms with Gasteiger partial charge in [-0.3, -0.25) is 4.79 Å². The molecule has 1 amide bonds. The number of amides is 1. The monoisotopic (exact) mass is 506 g/mol. The van der Waals surface area contributed by atoms with Crippen LogP contribution in [0.2, 0.25) is 0 Å². The van der Waals surface area contributed by atoms with E-state index >= 15 is 0 Å². The second kappa shape index (κ2) is 15.4. The molecule has 6 heteroatoms. The molecule has 0 unspecified atom stereocenters. The van der Waals surface area contributed by atoms with Crippen molar-refractivity contribution in [1.29, 1.82) is 0 Å². The molecule has 0 fully saturated rings. The maximum Gasteiger partial charge on any atom is 0.220 e. The number of benzene rings is 2. The van der Waals surface area contributed by atoms with Crippen molar-refractivity contribution in [3.8, 4) is 5.75 Å². The number of rotatable bonds is 17. The zero-order valence-corrected chi connectivity index (χ0v) is 22.0. The summed E-state index contributed by atoms with van der Waals surface area (Å²) in [4.78, 5) is 12.6. The van der Waals surface area contributed by atoms with Gasteiger partial charge in [0.15, 0.2) is 0 Å². The Hall–Kier alpha value is -2.93.